The molecule has 4 rings (SSSR count). The van der Waals surface area contributed by atoms with Crippen molar-refractivity contribution in [2.75, 3.05) is 36.5 Å². The first-order valence-corrected chi connectivity index (χ1v) is 9.07. The standard InChI is InChI=1S/C19H19N5O2S/c25-18-17(15-3-1-2-4-16(15)21-18)22-23-19(27)20-13-5-7-14(8-6-13)24-9-11-26-12-10-24/h1-8,21,25H,9-12H2,(H,20,27). The van der Waals surface area contributed by atoms with E-state index in [0.717, 1.165) is 48.6 Å². The zero-order valence-corrected chi connectivity index (χ0v) is 15.4. The van der Waals surface area contributed by atoms with E-state index in [1.165, 1.54) is 0 Å². The average molecular weight is 381 g/mol. The number of fused-ring (bicyclic) bond motifs is 1. The van der Waals surface area contributed by atoms with Gasteiger partial charge in [0.2, 0.25) is 11.0 Å². The van der Waals surface area contributed by atoms with Gasteiger partial charge in [0.05, 0.1) is 18.7 Å². The lowest BCUT2D eigenvalue weighted by Gasteiger charge is -2.28. The number of morpholine rings is 1. The van der Waals surface area contributed by atoms with Crippen LogP contribution in [0.3, 0.4) is 0 Å². The smallest absolute Gasteiger partial charge is 0.218 e. The topological polar surface area (TPSA) is 85.2 Å². The molecule has 0 radical (unpaired) electrons. The lowest BCUT2D eigenvalue weighted by Crippen LogP contribution is -2.36. The van der Waals surface area contributed by atoms with Crippen LogP contribution < -0.4 is 10.2 Å². The third kappa shape index (κ3) is 3.91. The number of anilines is 2. The predicted octanol–water partition coefficient (Wildman–Crippen LogP) is 4.19. The fraction of sp³-hybridized carbons (Fsp3) is 0.211. The lowest BCUT2D eigenvalue weighted by molar-refractivity contribution is 0.122. The molecule has 8 heteroatoms. The van der Waals surface area contributed by atoms with Crippen LogP contribution in [0.15, 0.2) is 58.8 Å². The number of hydrogen-bond donors (Lipinski definition) is 3. The molecule has 0 saturated carbocycles. The number of rotatable bonds is 3. The van der Waals surface area contributed by atoms with E-state index in [-0.39, 0.29) is 11.0 Å². The molecule has 1 saturated heterocycles. The molecule has 1 aromatic heterocycles. The Bertz CT molecular complexity index is 977. The van der Waals surface area contributed by atoms with Crippen LogP contribution in [0.5, 0.6) is 5.88 Å². The Kier molecular flexibility index (Phi) is 4.99. The summed E-state index contributed by atoms with van der Waals surface area (Å²) in [7, 11) is 0. The number of thiocarbonyl (C=S) groups is 1. The van der Waals surface area contributed by atoms with E-state index in [0.29, 0.717) is 5.69 Å². The van der Waals surface area contributed by atoms with Crippen molar-refractivity contribution in [2.45, 2.75) is 0 Å². The van der Waals surface area contributed by atoms with Gasteiger partial charge in [-0.15, -0.1) is 10.2 Å². The minimum absolute atomic E-state index is 0.0300. The van der Waals surface area contributed by atoms with Crippen LogP contribution in [0.25, 0.3) is 10.9 Å². The van der Waals surface area contributed by atoms with Crippen molar-refractivity contribution in [3.63, 3.8) is 0 Å². The van der Waals surface area contributed by atoms with E-state index in [4.69, 9.17) is 17.0 Å². The molecule has 0 unspecified atom stereocenters. The molecule has 138 valence electrons. The summed E-state index contributed by atoms with van der Waals surface area (Å²) in [5.41, 5.74) is 3.15. The average Bonchev–Trinajstić information content (AvgIpc) is 3.03. The zero-order chi connectivity index (χ0) is 18.6. The van der Waals surface area contributed by atoms with E-state index in [9.17, 15) is 5.11 Å². The SMILES string of the molecule is Oc1[nH]c2ccccc2c1N=NC(=S)Nc1ccc(N2CCOCC2)cc1. The molecule has 3 N–H and O–H groups in total. The molecule has 1 fully saturated rings. The maximum Gasteiger partial charge on any atom is 0.218 e. The molecule has 27 heavy (non-hydrogen) atoms. The van der Waals surface area contributed by atoms with E-state index < -0.39 is 0 Å². The molecule has 0 amide bonds. The Balaban J connectivity index is 1.43. The van der Waals surface area contributed by atoms with Gasteiger partial charge in [0.15, 0.2) is 5.69 Å². The van der Waals surface area contributed by atoms with Gasteiger partial charge in [-0.25, -0.2) is 0 Å². The second kappa shape index (κ2) is 7.73. The molecular weight excluding hydrogens is 362 g/mol. The van der Waals surface area contributed by atoms with Crippen LogP contribution in [-0.2, 0) is 4.74 Å². The Labute approximate surface area is 161 Å². The number of ether oxygens (including phenoxy) is 1. The second-order valence-electron chi connectivity index (χ2n) is 6.14. The van der Waals surface area contributed by atoms with Gasteiger partial charge < -0.3 is 25.0 Å². The molecule has 0 atom stereocenters. The minimum Gasteiger partial charge on any atom is -0.493 e. The van der Waals surface area contributed by atoms with Crippen molar-refractivity contribution < 1.29 is 9.84 Å². The molecule has 1 aliphatic rings. The van der Waals surface area contributed by atoms with Gasteiger partial charge in [0.25, 0.3) is 0 Å². The van der Waals surface area contributed by atoms with Gasteiger partial charge >= 0.3 is 0 Å². The highest BCUT2D eigenvalue weighted by atomic mass is 32.1. The van der Waals surface area contributed by atoms with Crippen LogP contribution in [0, 0.1) is 0 Å². The van der Waals surface area contributed by atoms with Crippen molar-refractivity contribution in [2.24, 2.45) is 10.2 Å². The molecule has 3 aromatic rings. The molecule has 0 aliphatic carbocycles. The molecular formula is C19H19N5O2S. The number of aromatic nitrogens is 1. The van der Waals surface area contributed by atoms with E-state index in [2.05, 4.69) is 25.4 Å². The van der Waals surface area contributed by atoms with E-state index in [1.54, 1.807) is 0 Å². The maximum atomic E-state index is 10.0. The third-order valence-electron chi connectivity index (χ3n) is 4.40. The molecule has 0 spiro atoms. The van der Waals surface area contributed by atoms with Crippen LogP contribution in [0.1, 0.15) is 0 Å². The molecule has 7 nitrogen and oxygen atoms in total. The number of hydrogen-bond acceptors (Lipinski definition) is 5. The summed E-state index contributed by atoms with van der Waals surface area (Å²) in [6.45, 7) is 3.30. The fourth-order valence-electron chi connectivity index (χ4n) is 3.04. The Morgan fingerprint density at radius 3 is 2.63 bits per heavy atom. The van der Waals surface area contributed by atoms with E-state index >= 15 is 0 Å². The summed E-state index contributed by atoms with van der Waals surface area (Å²) in [5, 5.41) is 22.2. The highest BCUT2D eigenvalue weighted by molar-refractivity contribution is 7.80. The summed E-state index contributed by atoms with van der Waals surface area (Å²) in [5.74, 6) is -0.0300. The number of H-pyrrole nitrogens is 1. The molecule has 1 aliphatic heterocycles. The molecule has 2 aromatic carbocycles. The number of azo groups is 1. The normalized spacial score (nSPS) is 14.7. The van der Waals surface area contributed by atoms with Crippen molar-refractivity contribution in [3.8, 4) is 5.88 Å². The largest absolute Gasteiger partial charge is 0.493 e. The van der Waals surface area contributed by atoms with Crippen LogP contribution in [0.2, 0.25) is 0 Å². The molecule has 2 heterocycles. The number of aromatic amines is 1. The number of nitrogens with zero attached hydrogens (tertiary/aromatic N) is 3. The van der Waals surface area contributed by atoms with Crippen molar-refractivity contribution in [1.29, 1.82) is 0 Å². The van der Waals surface area contributed by atoms with Gasteiger partial charge in [-0.3, -0.25) is 0 Å². The van der Waals surface area contributed by atoms with E-state index in [1.807, 2.05) is 48.5 Å². The maximum absolute atomic E-state index is 10.0. The lowest BCUT2D eigenvalue weighted by atomic mass is 10.2. The van der Waals surface area contributed by atoms with Gasteiger partial charge in [-0.2, -0.15) is 0 Å². The number of nitrogens with one attached hydrogen (secondary N) is 2. The highest BCUT2D eigenvalue weighted by Crippen LogP contribution is 2.35. The van der Waals surface area contributed by atoms with Crippen molar-refractivity contribution in [1.82, 2.24) is 4.98 Å². The fourth-order valence-corrected chi connectivity index (χ4v) is 3.19. The first kappa shape index (κ1) is 17.4. The van der Waals surface area contributed by atoms with Crippen LogP contribution in [-0.4, -0.2) is 41.5 Å². The second-order valence-corrected chi connectivity index (χ2v) is 6.53. The van der Waals surface area contributed by atoms with Crippen LogP contribution in [0.4, 0.5) is 17.1 Å². The first-order chi connectivity index (χ1) is 13.2. The monoisotopic (exact) mass is 381 g/mol. The number of aromatic hydroxyl groups is 1. The van der Waals surface area contributed by atoms with Crippen molar-refractivity contribution >= 4 is 45.3 Å². The summed E-state index contributed by atoms with van der Waals surface area (Å²) in [6.07, 6.45) is 0. The number of para-hydroxylation sites is 1. The van der Waals surface area contributed by atoms with Crippen molar-refractivity contribution in [3.05, 3.63) is 48.5 Å². The summed E-state index contributed by atoms with van der Waals surface area (Å²) in [4.78, 5) is 5.15. The first-order valence-electron chi connectivity index (χ1n) is 8.66. The minimum atomic E-state index is -0.0300. The zero-order valence-electron chi connectivity index (χ0n) is 14.6. The van der Waals surface area contributed by atoms with Crippen LogP contribution >= 0.6 is 12.2 Å². The van der Waals surface area contributed by atoms with Gasteiger partial charge in [0.1, 0.15) is 0 Å². The quantitative estimate of drug-likeness (QED) is 0.468. The Morgan fingerprint density at radius 1 is 1.11 bits per heavy atom. The number of benzene rings is 2. The predicted molar refractivity (Wildman–Crippen MR) is 110 cm³/mol. The summed E-state index contributed by atoms with van der Waals surface area (Å²) < 4.78 is 5.38. The Hall–Kier alpha value is -2.97. The Morgan fingerprint density at radius 2 is 1.85 bits per heavy atom. The van der Waals surface area contributed by atoms with Gasteiger partial charge in [-0.1, -0.05) is 18.2 Å². The molecule has 0 bridgehead atoms. The summed E-state index contributed by atoms with van der Waals surface area (Å²) >= 11 is 5.24. The third-order valence-corrected chi connectivity index (χ3v) is 4.58. The summed E-state index contributed by atoms with van der Waals surface area (Å²) in [6, 6.07) is 15.5. The van der Waals surface area contributed by atoms with Gasteiger partial charge in [-0.05, 0) is 42.5 Å². The van der Waals surface area contributed by atoms with Gasteiger partial charge in [0, 0.05) is 29.9 Å². The highest BCUT2D eigenvalue weighted by Gasteiger charge is 2.11.